The van der Waals surface area contributed by atoms with Gasteiger partial charge in [0.15, 0.2) is 0 Å². The molecule has 37 heavy (non-hydrogen) atoms. The average molecular weight is 500 g/mol. The Labute approximate surface area is 213 Å². The molecule has 4 aromatic rings. The molecule has 2 aliphatic heterocycles. The normalized spacial score (nSPS) is 15.4. The predicted molar refractivity (Wildman–Crippen MR) is 140 cm³/mol. The van der Waals surface area contributed by atoms with Crippen LogP contribution >= 0.6 is 0 Å². The van der Waals surface area contributed by atoms with Crippen LogP contribution < -0.4 is 19.9 Å². The number of nitrogens with zero attached hydrogens (tertiary/aromatic N) is 4. The van der Waals surface area contributed by atoms with Gasteiger partial charge in [0, 0.05) is 66.2 Å². The fourth-order valence-corrected chi connectivity index (χ4v) is 4.54. The van der Waals surface area contributed by atoms with Crippen molar-refractivity contribution in [3.05, 3.63) is 78.2 Å². The minimum Gasteiger partial charge on any atom is -0.438 e. The van der Waals surface area contributed by atoms with Gasteiger partial charge in [0.25, 0.3) is 5.91 Å². The number of aromatic nitrogens is 2. The van der Waals surface area contributed by atoms with Crippen LogP contribution in [0.1, 0.15) is 16.8 Å². The largest absolute Gasteiger partial charge is 0.438 e. The third-order valence-electron chi connectivity index (χ3n) is 6.62. The SMILES string of the molecule is O=C(Nc1ccc(Oc2ccnc(N3CCC3)n2)c2ccccc12)c1cc(F)cc(N2CCOCC2)c1. The van der Waals surface area contributed by atoms with Crippen molar-refractivity contribution in [2.24, 2.45) is 0 Å². The summed E-state index contributed by atoms with van der Waals surface area (Å²) in [5.41, 5.74) is 1.53. The Balaban J connectivity index is 1.26. The van der Waals surface area contributed by atoms with Crippen LogP contribution in [0.4, 0.5) is 21.7 Å². The molecular formula is C28H26FN5O3. The van der Waals surface area contributed by atoms with E-state index in [4.69, 9.17) is 9.47 Å². The molecule has 1 N–H and O–H groups in total. The number of fused-ring (bicyclic) bond motifs is 1. The number of rotatable bonds is 6. The van der Waals surface area contributed by atoms with Crippen molar-refractivity contribution >= 4 is 34.0 Å². The van der Waals surface area contributed by atoms with E-state index in [0.29, 0.717) is 55.3 Å². The van der Waals surface area contributed by atoms with Gasteiger partial charge in [-0.3, -0.25) is 4.79 Å². The summed E-state index contributed by atoms with van der Waals surface area (Å²) in [5.74, 6) is 0.882. The first-order valence-corrected chi connectivity index (χ1v) is 12.4. The van der Waals surface area contributed by atoms with Crippen LogP contribution in [-0.2, 0) is 4.74 Å². The maximum Gasteiger partial charge on any atom is 0.255 e. The molecule has 0 aliphatic carbocycles. The van der Waals surface area contributed by atoms with Gasteiger partial charge in [-0.2, -0.15) is 4.98 Å². The van der Waals surface area contributed by atoms with E-state index in [1.807, 2.05) is 29.2 Å². The van der Waals surface area contributed by atoms with E-state index in [1.165, 1.54) is 12.1 Å². The molecule has 2 saturated heterocycles. The number of morpholine rings is 1. The molecule has 2 aliphatic rings. The number of amides is 1. The molecule has 188 valence electrons. The molecule has 9 heteroatoms. The zero-order valence-corrected chi connectivity index (χ0v) is 20.2. The molecule has 3 heterocycles. The lowest BCUT2D eigenvalue weighted by atomic mass is 10.1. The first-order valence-electron chi connectivity index (χ1n) is 12.4. The lowest BCUT2D eigenvalue weighted by molar-refractivity contribution is 0.102. The highest BCUT2D eigenvalue weighted by Gasteiger charge is 2.19. The van der Waals surface area contributed by atoms with Crippen LogP contribution in [0, 0.1) is 5.82 Å². The summed E-state index contributed by atoms with van der Waals surface area (Å²) in [7, 11) is 0. The third-order valence-corrected chi connectivity index (χ3v) is 6.62. The maximum atomic E-state index is 14.4. The number of carbonyl (C=O) groups excluding carboxylic acids is 1. The van der Waals surface area contributed by atoms with Crippen molar-refractivity contribution in [2.45, 2.75) is 6.42 Å². The van der Waals surface area contributed by atoms with E-state index in [2.05, 4.69) is 20.2 Å². The summed E-state index contributed by atoms with van der Waals surface area (Å²) in [6, 6.07) is 17.4. The second-order valence-corrected chi connectivity index (χ2v) is 9.05. The lowest BCUT2D eigenvalue weighted by Crippen LogP contribution is -2.38. The van der Waals surface area contributed by atoms with Crippen LogP contribution in [-0.4, -0.2) is 55.3 Å². The first kappa shape index (κ1) is 23.2. The van der Waals surface area contributed by atoms with Crippen LogP contribution in [0.3, 0.4) is 0 Å². The van der Waals surface area contributed by atoms with Gasteiger partial charge in [0.2, 0.25) is 11.8 Å². The minimum absolute atomic E-state index is 0.255. The lowest BCUT2D eigenvalue weighted by Gasteiger charge is -2.30. The standard InChI is InChI=1S/C28H26FN5O3/c29-20-16-19(17-21(18-20)33-12-14-36-15-13-33)27(35)31-24-6-7-25(23-5-2-1-4-22(23)24)37-26-8-9-30-28(32-26)34-10-3-11-34/h1-2,4-9,16-18H,3,10-15H2,(H,31,35). The Morgan fingerprint density at radius 3 is 2.54 bits per heavy atom. The van der Waals surface area contributed by atoms with E-state index in [1.54, 1.807) is 30.5 Å². The van der Waals surface area contributed by atoms with Crippen LogP contribution in [0.5, 0.6) is 11.6 Å². The number of carbonyl (C=O) groups is 1. The third kappa shape index (κ3) is 4.90. The Bertz CT molecular complexity index is 1450. The fourth-order valence-electron chi connectivity index (χ4n) is 4.54. The van der Waals surface area contributed by atoms with Gasteiger partial charge in [-0.05, 0) is 36.8 Å². The Morgan fingerprint density at radius 1 is 0.946 bits per heavy atom. The molecule has 0 unspecified atom stereocenters. The summed E-state index contributed by atoms with van der Waals surface area (Å²) in [6.45, 7) is 4.35. The summed E-state index contributed by atoms with van der Waals surface area (Å²) in [6.07, 6.45) is 2.83. The topological polar surface area (TPSA) is 79.8 Å². The maximum absolute atomic E-state index is 14.4. The molecule has 8 nitrogen and oxygen atoms in total. The second kappa shape index (κ2) is 10.0. The number of benzene rings is 3. The molecule has 1 amide bonds. The molecule has 0 radical (unpaired) electrons. The van der Waals surface area contributed by atoms with Gasteiger partial charge in [-0.15, -0.1) is 0 Å². The van der Waals surface area contributed by atoms with Crippen molar-refractivity contribution in [3.63, 3.8) is 0 Å². The molecule has 1 aromatic heterocycles. The van der Waals surface area contributed by atoms with Crippen LogP contribution in [0.2, 0.25) is 0 Å². The fraction of sp³-hybridized carbons (Fsp3) is 0.250. The summed E-state index contributed by atoms with van der Waals surface area (Å²) < 4.78 is 26.0. The molecular weight excluding hydrogens is 473 g/mol. The van der Waals surface area contributed by atoms with Gasteiger partial charge in [0.1, 0.15) is 11.6 Å². The van der Waals surface area contributed by atoms with Crippen molar-refractivity contribution in [1.82, 2.24) is 9.97 Å². The van der Waals surface area contributed by atoms with Gasteiger partial charge in [-0.1, -0.05) is 24.3 Å². The van der Waals surface area contributed by atoms with Crippen LogP contribution in [0.15, 0.2) is 66.9 Å². The average Bonchev–Trinajstić information content (AvgIpc) is 2.89. The second-order valence-electron chi connectivity index (χ2n) is 9.05. The van der Waals surface area contributed by atoms with Crippen molar-refractivity contribution < 1.29 is 18.7 Å². The molecule has 3 aromatic carbocycles. The highest BCUT2D eigenvalue weighted by atomic mass is 19.1. The van der Waals surface area contributed by atoms with E-state index in [-0.39, 0.29) is 11.5 Å². The van der Waals surface area contributed by atoms with Crippen molar-refractivity contribution in [2.75, 3.05) is 54.5 Å². The number of anilines is 3. The Hall–Kier alpha value is -4.24. The first-order chi connectivity index (χ1) is 18.1. The summed E-state index contributed by atoms with van der Waals surface area (Å²) >= 11 is 0. The molecule has 2 fully saturated rings. The van der Waals surface area contributed by atoms with E-state index in [0.717, 1.165) is 30.3 Å². The zero-order valence-electron chi connectivity index (χ0n) is 20.2. The van der Waals surface area contributed by atoms with E-state index >= 15 is 0 Å². The summed E-state index contributed by atoms with van der Waals surface area (Å²) in [5, 5.41) is 4.57. The molecule has 6 rings (SSSR count). The highest BCUT2D eigenvalue weighted by molar-refractivity contribution is 6.10. The van der Waals surface area contributed by atoms with Gasteiger partial charge < -0.3 is 24.6 Å². The quantitative estimate of drug-likeness (QED) is 0.406. The van der Waals surface area contributed by atoms with Gasteiger partial charge >= 0.3 is 0 Å². The smallest absolute Gasteiger partial charge is 0.255 e. The number of ether oxygens (including phenoxy) is 2. The molecule has 0 bridgehead atoms. The number of nitrogens with one attached hydrogen (secondary N) is 1. The monoisotopic (exact) mass is 499 g/mol. The van der Waals surface area contributed by atoms with Crippen molar-refractivity contribution in [1.29, 1.82) is 0 Å². The number of hydrogen-bond donors (Lipinski definition) is 1. The number of halogens is 1. The van der Waals surface area contributed by atoms with Crippen LogP contribution in [0.25, 0.3) is 10.8 Å². The molecule has 0 saturated carbocycles. The van der Waals surface area contributed by atoms with Gasteiger partial charge in [0.05, 0.1) is 13.2 Å². The Morgan fingerprint density at radius 2 is 1.76 bits per heavy atom. The zero-order chi connectivity index (χ0) is 25.2. The number of hydrogen-bond acceptors (Lipinski definition) is 7. The molecule has 0 atom stereocenters. The highest BCUT2D eigenvalue weighted by Crippen LogP contribution is 2.34. The predicted octanol–water partition coefficient (Wildman–Crippen LogP) is 4.86. The summed E-state index contributed by atoms with van der Waals surface area (Å²) in [4.78, 5) is 26.2. The minimum atomic E-state index is -0.454. The van der Waals surface area contributed by atoms with E-state index in [9.17, 15) is 9.18 Å². The molecule has 0 spiro atoms. The van der Waals surface area contributed by atoms with Gasteiger partial charge in [-0.25, -0.2) is 9.37 Å². The van der Waals surface area contributed by atoms with E-state index < -0.39 is 5.82 Å². The van der Waals surface area contributed by atoms with Crippen molar-refractivity contribution in [3.8, 4) is 11.6 Å². The Kier molecular flexibility index (Phi) is 6.28.